The molecule has 0 spiro atoms. The number of hydrogen-bond acceptors (Lipinski definition) is 4. The average molecular weight is 220 g/mol. The van der Waals surface area contributed by atoms with Gasteiger partial charge in [-0.25, -0.2) is 4.98 Å². The largest absolute Gasteiger partial charge is 0.405 e. The highest BCUT2D eigenvalue weighted by Gasteiger charge is 2.30. The van der Waals surface area contributed by atoms with Crippen molar-refractivity contribution in [2.75, 3.05) is 18.5 Å². The Morgan fingerprint density at radius 3 is 2.47 bits per heavy atom. The van der Waals surface area contributed by atoms with Crippen LogP contribution in [0.5, 0.6) is 0 Å². The lowest BCUT2D eigenvalue weighted by Crippen LogP contribution is -2.32. The smallest absolute Gasteiger partial charge is 0.349 e. The number of nitrogens with two attached hydrogens (primary N) is 1. The predicted octanol–water partition coefficient (Wildman–Crippen LogP) is 0.934. The zero-order valence-corrected chi connectivity index (χ0v) is 8.12. The number of alkyl halides is 3. The number of rotatable bonds is 3. The molecular weight excluding hydrogens is 209 g/mol. The van der Waals surface area contributed by atoms with Crippen LogP contribution >= 0.6 is 0 Å². The van der Waals surface area contributed by atoms with Crippen molar-refractivity contribution in [3.05, 3.63) is 18.1 Å². The Kier molecular flexibility index (Phi) is 3.46. The highest BCUT2D eigenvalue weighted by Crippen LogP contribution is 2.20. The highest BCUT2D eigenvalue weighted by atomic mass is 19.4. The van der Waals surface area contributed by atoms with Crippen LogP contribution in [0.2, 0.25) is 0 Å². The average Bonchev–Trinajstić information content (AvgIpc) is 2.15. The first kappa shape index (κ1) is 11.7. The van der Waals surface area contributed by atoms with E-state index in [0.717, 1.165) is 4.90 Å². The summed E-state index contributed by atoms with van der Waals surface area (Å²) in [5.41, 5.74) is 5.69. The number of aromatic nitrogens is 2. The number of halogens is 3. The van der Waals surface area contributed by atoms with Crippen LogP contribution in [0.15, 0.2) is 12.4 Å². The summed E-state index contributed by atoms with van der Waals surface area (Å²) in [6.07, 6.45) is -1.54. The van der Waals surface area contributed by atoms with E-state index in [-0.39, 0.29) is 12.4 Å². The fourth-order valence-electron chi connectivity index (χ4n) is 1.17. The summed E-state index contributed by atoms with van der Waals surface area (Å²) < 4.78 is 36.3. The van der Waals surface area contributed by atoms with Gasteiger partial charge in [0.2, 0.25) is 0 Å². The van der Waals surface area contributed by atoms with E-state index in [1.54, 1.807) is 0 Å². The van der Waals surface area contributed by atoms with Crippen LogP contribution in [0, 0.1) is 0 Å². The molecule has 1 heterocycles. The van der Waals surface area contributed by atoms with E-state index in [0.29, 0.717) is 5.69 Å². The molecule has 0 aliphatic carbocycles. The van der Waals surface area contributed by atoms with Crippen LogP contribution in [-0.2, 0) is 6.54 Å². The van der Waals surface area contributed by atoms with E-state index in [4.69, 9.17) is 5.73 Å². The second kappa shape index (κ2) is 4.43. The van der Waals surface area contributed by atoms with Gasteiger partial charge in [0.1, 0.15) is 6.54 Å². The molecule has 0 aromatic carbocycles. The lowest BCUT2D eigenvalue weighted by Gasteiger charge is -2.21. The van der Waals surface area contributed by atoms with Crippen molar-refractivity contribution in [3.8, 4) is 0 Å². The molecule has 1 aromatic heterocycles. The van der Waals surface area contributed by atoms with Crippen LogP contribution in [-0.4, -0.2) is 29.7 Å². The van der Waals surface area contributed by atoms with Crippen molar-refractivity contribution in [1.29, 1.82) is 0 Å². The Morgan fingerprint density at radius 2 is 1.93 bits per heavy atom. The summed E-state index contributed by atoms with van der Waals surface area (Å²) in [4.78, 5) is 8.65. The summed E-state index contributed by atoms with van der Waals surface area (Å²) in [5.74, 6) is 0.164. The Balaban J connectivity index is 2.86. The third kappa shape index (κ3) is 3.35. The summed E-state index contributed by atoms with van der Waals surface area (Å²) in [5, 5.41) is 0. The first-order chi connectivity index (χ1) is 6.94. The van der Waals surface area contributed by atoms with Crippen LogP contribution in [0.3, 0.4) is 0 Å². The van der Waals surface area contributed by atoms with Crippen molar-refractivity contribution in [3.63, 3.8) is 0 Å². The zero-order chi connectivity index (χ0) is 11.5. The molecule has 0 fully saturated rings. The maximum atomic E-state index is 12.1. The molecule has 0 bridgehead atoms. The summed E-state index contributed by atoms with van der Waals surface area (Å²) in [6, 6.07) is 0. The quantitative estimate of drug-likeness (QED) is 0.823. The number of hydrogen-bond donors (Lipinski definition) is 1. The molecule has 1 rings (SSSR count). The summed E-state index contributed by atoms with van der Waals surface area (Å²) in [6.45, 7) is -1.01. The molecule has 0 unspecified atom stereocenters. The van der Waals surface area contributed by atoms with Crippen molar-refractivity contribution >= 4 is 5.82 Å². The molecule has 0 radical (unpaired) electrons. The van der Waals surface area contributed by atoms with Gasteiger partial charge in [-0.2, -0.15) is 13.2 Å². The minimum Gasteiger partial charge on any atom is -0.349 e. The second-order valence-electron chi connectivity index (χ2n) is 3.00. The Labute approximate surface area is 84.9 Å². The topological polar surface area (TPSA) is 55.0 Å². The highest BCUT2D eigenvalue weighted by molar-refractivity contribution is 5.42. The molecular formula is C8H11F3N4. The van der Waals surface area contributed by atoms with Crippen molar-refractivity contribution in [1.82, 2.24) is 9.97 Å². The van der Waals surface area contributed by atoms with E-state index in [1.165, 1.54) is 19.4 Å². The lowest BCUT2D eigenvalue weighted by molar-refractivity contribution is -0.119. The standard InChI is InChI=1S/C8H11F3N4/c1-15(5-8(9,10)11)7-6(4-12)13-2-3-14-7/h2-3H,4-5,12H2,1H3. The Morgan fingerprint density at radius 1 is 1.33 bits per heavy atom. The molecule has 0 atom stereocenters. The molecule has 1 aromatic rings. The van der Waals surface area contributed by atoms with Gasteiger partial charge in [-0.1, -0.05) is 0 Å². The monoisotopic (exact) mass is 220 g/mol. The molecule has 0 amide bonds. The Bertz CT molecular complexity index is 326. The molecule has 0 saturated heterocycles. The maximum Gasteiger partial charge on any atom is 0.405 e. The van der Waals surface area contributed by atoms with E-state index in [9.17, 15) is 13.2 Å². The second-order valence-corrected chi connectivity index (χ2v) is 3.00. The third-order valence-corrected chi connectivity index (χ3v) is 1.72. The van der Waals surface area contributed by atoms with Crippen LogP contribution in [0.4, 0.5) is 19.0 Å². The van der Waals surface area contributed by atoms with Gasteiger partial charge in [0.05, 0.1) is 5.69 Å². The van der Waals surface area contributed by atoms with Crippen LogP contribution in [0.1, 0.15) is 5.69 Å². The van der Waals surface area contributed by atoms with Gasteiger partial charge in [0, 0.05) is 26.0 Å². The molecule has 15 heavy (non-hydrogen) atoms. The van der Waals surface area contributed by atoms with E-state index < -0.39 is 12.7 Å². The number of anilines is 1. The fraction of sp³-hybridized carbons (Fsp3) is 0.500. The van der Waals surface area contributed by atoms with Gasteiger partial charge in [-0.05, 0) is 0 Å². The molecule has 84 valence electrons. The normalized spacial score (nSPS) is 11.5. The zero-order valence-electron chi connectivity index (χ0n) is 8.12. The summed E-state index contributed by atoms with van der Waals surface area (Å²) >= 11 is 0. The van der Waals surface area contributed by atoms with Gasteiger partial charge in [0.25, 0.3) is 0 Å². The maximum absolute atomic E-state index is 12.1. The van der Waals surface area contributed by atoms with E-state index >= 15 is 0 Å². The molecule has 2 N–H and O–H groups in total. The van der Waals surface area contributed by atoms with Gasteiger partial charge < -0.3 is 10.6 Å². The lowest BCUT2D eigenvalue weighted by atomic mass is 10.3. The van der Waals surface area contributed by atoms with Gasteiger partial charge >= 0.3 is 6.18 Å². The van der Waals surface area contributed by atoms with Crippen molar-refractivity contribution in [2.24, 2.45) is 5.73 Å². The van der Waals surface area contributed by atoms with E-state index in [2.05, 4.69) is 9.97 Å². The van der Waals surface area contributed by atoms with Gasteiger partial charge in [-0.15, -0.1) is 0 Å². The van der Waals surface area contributed by atoms with Crippen molar-refractivity contribution < 1.29 is 13.2 Å². The minimum absolute atomic E-state index is 0.0609. The molecule has 0 aliphatic rings. The first-order valence-corrected chi connectivity index (χ1v) is 4.22. The minimum atomic E-state index is -4.27. The molecule has 0 saturated carbocycles. The molecule has 0 aliphatic heterocycles. The number of nitrogens with zero attached hydrogens (tertiary/aromatic N) is 3. The first-order valence-electron chi connectivity index (χ1n) is 4.22. The summed E-state index contributed by atoms with van der Waals surface area (Å²) in [7, 11) is 1.30. The van der Waals surface area contributed by atoms with Gasteiger partial charge in [0.15, 0.2) is 5.82 Å². The fourth-order valence-corrected chi connectivity index (χ4v) is 1.17. The predicted molar refractivity (Wildman–Crippen MR) is 49.2 cm³/mol. The SMILES string of the molecule is CN(CC(F)(F)F)c1nccnc1CN. The Hall–Kier alpha value is -1.37. The van der Waals surface area contributed by atoms with Crippen LogP contribution < -0.4 is 10.6 Å². The van der Waals surface area contributed by atoms with Crippen LogP contribution in [0.25, 0.3) is 0 Å². The van der Waals surface area contributed by atoms with Gasteiger partial charge in [-0.3, -0.25) is 4.98 Å². The van der Waals surface area contributed by atoms with Crippen molar-refractivity contribution in [2.45, 2.75) is 12.7 Å². The van der Waals surface area contributed by atoms with E-state index in [1.807, 2.05) is 0 Å². The third-order valence-electron chi connectivity index (χ3n) is 1.72. The molecule has 4 nitrogen and oxygen atoms in total. The molecule has 7 heteroatoms.